The number of para-hydroxylation sites is 1. The molecule has 1 aliphatic rings. The van der Waals surface area contributed by atoms with E-state index in [1.54, 1.807) is 17.0 Å². The number of likely N-dealkylation sites (tertiary alicyclic amines) is 1. The molecule has 0 atom stereocenters. The summed E-state index contributed by atoms with van der Waals surface area (Å²) >= 11 is 0. The van der Waals surface area contributed by atoms with E-state index in [-0.39, 0.29) is 23.3 Å². The molecule has 0 aromatic heterocycles. The molecule has 156 valence electrons. The van der Waals surface area contributed by atoms with E-state index in [1.807, 2.05) is 30.3 Å². The minimum Gasteiger partial charge on any atom is -0.497 e. The second kappa shape index (κ2) is 9.76. The number of methoxy groups -OCH3 is 1. The van der Waals surface area contributed by atoms with Crippen molar-refractivity contribution in [1.82, 2.24) is 9.62 Å². The number of benzene rings is 2. The summed E-state index contributed by atoms with van der Waals surface area (Å²) in [6, 6.07) is 15.5. The first-order valence-corrected chi connectivity index (χ1v) is 11.1. The summed E-state index contributed by atoms with van der Waals surface area (Å²) in [5, 5.41) is 0. The molecule has 29 heavy (non-hydrogen) atoms. The van der Waals surface area contributed by atoms with E-state index in [2.05, 4.69) is 4.72 Å². The van der Waals surface area contributed by atoms with Crippen LogP contribution in [0.4, 0.5) is 0 Å². The van der Waals surface area contributed by atoms with Crippen molar-refractivity contribution in [2.24, 2.45) is 5.92 Å². The third-order valence-corrected chi connectivity index (χ3v) is 6.44. The summed E-state index contributed by atoms with van der Waals surface area (Å²) in [6.45, 7) is 1.58. The fraction of sp³-hybridized carbons (Fsp3) is 0.381. The topological polar surface area (TPSA) is 84.9 Å². The van der Waals surface area contributed by atoms with Crippen LogP contribution in [0.25, 0.3) is 0 Å². The van der Waals surface area contributed by atoms with Crippen molar-refractivity contribution >= 4 is 15.9 Å². The van der Waals surface area contributed by atoms with Crippen LogP contribution < -0.4 is 14.2 Å². The highest BCUT2D eigenvalue weighted by Crippen LogP contribution is 2.19. The zero-order valence-electron chi connectivity index (χ0n) is 16.4. The molecule has 0 unspecified atom stereocenters. The van der Waals surface area contributed by atoms with Crippen LogP contribution in [0, 0.1) is 5.92 Å². The number of nitrogens with zero attached hydrogens (tertiary/aromatic N) is 1. The molecule has 0 saturated carbocycles. The number of piperidine rings is 1. The number of carbonyl (C=O) groups is 1. The Balaban J connectivity index is 1.42. The lowest BCUT2D eigenvalue weighted by Crippen LogP contribution is -2.43. The van der Waals surface area contributed by atoms with Crippen LogP contribution in [0.2, 0.25) is 0 Å². The zero-order valence-corrected chi connectivity index (χ0v) is 17.2. The van der Waals surface area contributed by atoms with Crippen molar-refractivity contribution < 1.29 is 22.7 Å². The molecular weight excluding hydrogens is 392 g/mol. The minimum absolute atomic E-state index is 0.0127. The SMILES string of the molecule is COc1ccc(S(=O)(=O)NCC2CCN(C(=O)COc3ccccc3)CC2)cc1. The van der Waals surface area contributed by atoms with Crippen LogP contribution in [0.1, 0.15) is 12.8 Å². The summed E-state index contributed by atoms with van der Waals surface area (Å²) in [7, 11) is -2.03. The summed E-state index contributed by atoms with van der Waals surface area (Å²) in [5.41, 5.74) is 0. The number of ether oxygens (including phenoxy) is 2. The Hall–Kier alpha value is -2.58. The van der Waals surface area contributed by atoms with E-state index < -0.39 is 10.0 Å². The van der Waals surface area contributed by atoms with Crippen LogP contribution >= 0.6 is 0 Å². The Morgan fingerprint density at radius 1 is 1.03 bits per heavy atom. The summed E-state index contributed by atoms with van der Waals surface area (Å²) < 4.78 is 38.1. The Morgan fingerprint density at radius 3 is 2.31 bits per heavy atom. The maximum Gasteiger partial charge on any atom is 0.260 e. The van der Waals surface area contributed by atoms with Gasteiger partial charge in [-0.25, -0.2) is 13.1 Å². The molecular formula is C21H26N2O5S. The summed E-state index contributed by atoms with van der Waals surface area (Å²) in [5.74, 6) is 1.43. The van der Waals surface area contributed by atoms with Crippen molar-refractivity contribution in [3.05, 3.63) is 54.6 Å². The molecule has 1 amide bonds. The van der Waals surface area contributed by atoms with E-state index in [0.29, 0.717) is 31.1 Å². The quantitative estimate of drug-likeness (QED) is 0.711. The minimum atomic E-state index is -3.56. The third kappa shape index (κ3) is 5.95. The first-order valence-electron chi connectivity index (χ1n) is 9.57. The van der Waals surface area contributed by atoms with Crippen molar-refractivity contribution in [2.45, 2.75) is 17.7 Å². The van der Waals surface area contributed by atoms with E-state index >= 15 is 0 Å². The molecule has 2 aromatic rings. The average Bonchev–Trinajstić information content (AvgIpc) is 2.77. The predicted molar refractivity (Wildman–Crippen MR) is 109 cm³/mol. The highest BCUT2D eigenvalue weighted by Gasteiger charge is 2.24. The third-order valence-electron chi connectivity index (χ3n) is 5.00. The number of sulfonamides is 1. The molecule has 8 heteroatoms. The van der Waals surface area contributed by atoms with Gasteiger partial charge in [-0.15, -0.1) is 0 Å². The van der Waals surface area contributed by atoms with Crippen molar-refractivity contribution in [3.8, 4) is 11.5 Å². The molecule has 1 saturated heterocycles. The fourth-order valence-corrected chi connectivity index (χ4v) is 4.32. The second-order valence-corrected chi connectivity index (χ2v) is 8.72. The summed E-state index contributed by atoms with van der Waals surface area (Å²) in [6.07, 6.45) is 1.50. The zero-order chi connectivity index (χ0) is 20.7. The van der Waals surface area contributed by atoms with Crippen LogP contribution in [-0.4, -0.2) is 52.6 Å². The second-order valence-electron chi connectivity index (χ2n) is 6.95. The lowest BCUT2D eigenvalue weighted by atomic mass is 9.97. The molecule has 1 aliphatic heterocycles. The Kier molecular flexibility index (Phi) is 7.11. The van der Waals surface area contributed by atoms with Crippen LogP contribution in [0.5, 0.6) is 11.5 Å². The van der Waals surface area contributed by atoms with Gasteiger partial charge in [-0.05, 0) is 55.2 Å². The largest absolute Gasteiger partial charge is 0.497 e. The first kappa shape index (κ1) is 21.1. The molecule has 1 N–H and O–H groups in total. The van der Waals surface area contributed by atoms with Gasteiger partial charge in [0.05, 0.1) is 12.0 Å². The standard InChI is InChI=1S/C21H26N2O5S/c1-27-18-7-9-20(10-8-18)29(25,26)22-15-17-11-13-23(14-12-17)21(24)16-28-19-5-3-2-4-6-19/h2-10,17,22H,11-16H2,1H3. The molecule has 1 fully saturated rings. The number of rotatable bonds is 8. The van der Waals surface area contributed by atoms with Gasteiger partial charge in [-0.1, -0.05) is 18.2 Å². The maximum atomic E-state index is 12.4. The Morgan fingerprint density at radius 2 is 1.69 bits per heavy atom. The smallest absolute Gasteiger partial charge is 0.260 e. The van der Waals surface area contributed by atoms with Crippen molar-refractivity contribution in [3.63, 3.8) is 0 Å². The van der Waals surface area contributed by atoms with Gasteiger partial charge in [0.25, 0.3) is 5.91 Å². The van der Waals surface area contributed by atoms with Crippen molar-refractivity contribution in [2.75, 3.05) is 33.4 Å². The maximum absolute atomic E-state index is 12.4. The number of hydrogen-bond acceptors (Lipinski definition) is 5. The first-order chi connectivity index (χ1) is 14.0. The highest BCUT2D eigenvalue weighted by molar-refractivity contribution is 7.89. The average molecular weight is 419 g/mol. The molecule has 0 bridgehead atoms. The molecule has 1 heterocycles. The van der Waals surface area contributed by atoms with Gasteiger partial charge in [0.2, 0.25) is 10.0 Å². The van der Waals surface area contributed by atoms with Crippen molar-refractivity contribution in [1.29, 1.82) is 0 Å². The molecule has 0 radical (unpaired) electrons. The lowest BCUT2D eigenvalue weighted by Gasteiger charge is -2.32. The molecule has 2 aromatic carbocycles. The van der Waals surface area contributed by atoms with Gasteiger partial charge >= 0.3 is 0 Å². The van der Waals surface area contributed by atoms with E-state index in [0.717, 1.165) is 12.8 Å². The number of nitrogens with one attached hydrogen (secondary N) is 1. The fourth-order valence-electron chi connectivity index (χ4n) is 3.21. The van der Waals surface area contributed by atoms with Crippen LogP contribution in [0.3, 0.4) is 0 Å². The number of amides is 1. The Labute approximate surface area is 171 Å². The Bertz CT molecular complexity index is 892. The molecule has 0 aliphatic carbocycles. The van der Waals surface area contributed by atoms with Crippen LogP contribution in [0.15, 0.2) is 59.5 Å². The van der Waals surface area contributed by atoms with E-state index in [9.17, 15) is 13.2 Å². The van der Waals surface area contributed by atoms with Gasteiger partial charge in [-0.3, -0.25) is 4.79 Å². The predicted octanol–water partition coefficient (Wildman–Crippen LogP) is 2.29. The molecule has 3 rings (SSSR count). The monoisotopic (exact) mass is 418 g/mol. The van der Waals surface area contributed by atoms with Crippen LogP contribution in [-0.2, 0) is 14.8 Å². The number of carbonyl (C=O) groups excluding carboxylic acids is 1. The van der Waals surface area contributed by atoms with Gasteiger partial charge in [-0.2, -0.15) is 0 Å². The van der Waals surface area contributed by atoms with Gasteiger partial charge in [0, 0.05) is 19.6 Å². The van der Waals surface area contributed by atoms with E-state index in [1.165, 1.54) is 19.2 Å². The van der Waals surface area contributed by atoms with Gasteiger partial charge in [0.1, 0.15) is 11.5 Å². The van der Waals surface area contributed by atoms with Gasteiger partial charge in [0.15, 0.2) is 6.61 Å². The normalized spacial score (nSPS) is 15.1. The molecule has 7 nitrogen and oxygen atoms in total. The summed E-state index contributed by atoms with van der Waals surface area (Å²) in [4.78, 5) is 14.3. The van der Waals surface area contributed by atoms with Gasteiger partial charge < -0.3 is 14.4 Å². The lowest BCUT2D eigenvalue weighted by molar-refractivity contribution is -0.134. The highest BCUT2D eigenvalue weighted by atomic mass is 32.2. The molecule has 0 spiro atoms. The number of hydrogen-bond donors (Lipinski definition) is 1. The van der Waals surface area contributed by atoms with E-state index in [4.69, 9.17) is 9.47 Å².